The smallest absolute Gasteiger partial charge is 0.342 e. The maximum absolute atomic E-state index is 12.5. The van der Waals surface area contributed by atoms with E-state index in [1.807, 2.05) is 0 Å². The van der Waals surface area contributed by atoms with E-state index < -0.39 is 22.8 Å². The fraction of sp³-hybridized carbons (Fsp3) is 0.294. The predicted molar refractivity (Wildman–Crippen MR) is 92.1 cm³/mol. The summed E-state index contributed by atoms with van der Waals surface area (Å²) in [5, 5.41) is 9.21. The van der Waals surface area contributed by atoms with Gasteiger partial charge in [0.15, 0.2) is 0 Å². The van der Waals surface area contributed by atoms with Crippen LogP contribution in [0.4, 0.5) is 5.69 Å². The molecule has 9 heteroatoms. The quantitative estimate of drug-likeness (QED) is 0.828. The minimum absolute atomic E-state index is 0.0185. The lowest BCUT2D eigenvalue weighted by Gasteiger charge is -2.27. The Kier molecular flexibility index (Phi) is 4.72. The molecule has 1 amide bonds. The zero-order chi connectivity index (χ0) is 18.8. The van der Waals surface area contributed by atoms with Crippen LogP contribution in [-0.2, 0) is 16.1 Å². The van der Waals surface area contributed by atoms with E-state index >= 15 is 0 Å². The molecule has 9 nitrogen and oxygen atoms in total. The van der Waals surface area contributed by atoms with Crippen LogP contribution < -0.4 is 16.1 Å². The average Bonchev–Trinajstić information content (AvgIpc) is 2.63. The summed E-state index contributed by atoms with van der Waals surface area (Å²) in [5.74, 6) is -1.56. The van der Waals surface area contributed by atoms with Crippen molar-refractivity contribution >= 4 is 17.6 Å². The lowest BCUT2D eigenvalue weighted by molar-refractivity contribution is -0.125. The van der Waals surface area contributed by atoms with Crippen molar-refractivity contribution in [3.05, 3.63) is 56.9 Å². The molecule has 0 aliphatic carbocycles. The highest BCUT2D eigenvalue weighted by molar-refractivity contribution is 5.94. The molecule has 1 saturated heterocycles. The Morgan fingerprint density at radius 3 is 2.38 bits per heavy atom. The van der Waals surface area contributed by atoms with Gasteiger partial charge in [0.1, 0.15) is 12.2 Å². The first-order valence-electron chi connectivity index (χ1n) is 8.02. The second-order valence-electron chi connectivity index (χ2n) is 5.66. The number of ether oxygens (including phenoxy) is 1. The van der Waals surface area contributed by atoms with Gasteiger partial charge in [-0.05, 0) is 31.2 Å². The van der Waals surface area contributed by atoms with E-state index in [9.17, 15) is 24.3 Å². The monoisotopic (exact) mass is 359 g/mol. The van der Waals surface area contributed by atoms with Crippen LogP contribution in [0.15, 0.2) is 40.1 Å². The highest BCUT2D eigenvalue weighted by Gasteiger charge is 2.21. The molecule has 26 heavy (non-hydrogen) atoms. The molecular weight excluding hydrogens is 342 g/mol. The number of benzene rings is 1. The fourth-order valence-electron chi connectivity index (χ4n) is 2.80. The molecule has 0 spiro atoms. The highest BCUT2D eigenvalue weighted by atomic mass is 16.5. The van der Waals surface area contributed by atoms with Gasteiger partial charge < -0.3 is 14.7 Å². The number of morpholine rings is 1. The number of carboxylic acids is 1. The first-order valence-corrected chi connectivity index (χ1v) is 8.02. The minimum Gasteiger partial charge on any atom is -0.477 e. The van der Waals surface area contributed by atoms with Crippen LogP contribution in [0.5, 0.6) is 0 Å². The third-order valence-corrected chi connectivity index (χ3v) is 4.14. The topological polar surface area (TPSA) is 111 Å². The number of carboxylic acid groups (broad SMARTS) is 1. The molecule has 136 valence electrons. The van der Waals surface area contributed by atoms with E-state index in [0.29, 0.717) is 24.5 Å². The van der Waals surface area contributed by atoms with E-state index in [-0.39, 0.29) is 19.1 Å². The lowest BCUT2D eigenvalue weighted by atomic mass is 10.2. The van der Waals surface area contributed by atoms with Gasteiger partial charge in [0.05, 0.1) is 12.3 Å². The van der Waals surface area contributed by atoms with Gasteiger partial charge >= 0.3 is 11.7 Å². The number of nitrogens with zero attached hydrogens (tertiary/aromatic N) is 3. The molecule has 3 rings (SSSR count). The Morgan fingerprint density at radius 1 is 1.15 bits per heavy atom. The molecule has 2 heterocycles. The van der Waals surface area contributed by atoms with Crippen LogP contribution in [0.25, 0.3) is 5.69 Å². The zero-order valence-electron chi connectivity index (χ0n) is 14.0. The maximum Gasteiger partial charge on any atom is 0.342 e. The molecule has 1 aliphatic heterocycles. The van der Waals surface area contributed by atoms with Gasteiger partial charge in [-0.1, -0.05) is 0 Å². The second-order valence-corrected chi connectivity index (χ2v) is 5.66. The van der Waals surface area contributed by atoms with Gasteiger partial charge in [0.2, 0.25) is 0 Å². The Balaban J connectivity index is 2.05. The largest absolute Gasteiger partial charge is 0.477 e. The summed E-state index contributed by atoms with van der Waals surface area (Å²) in [5.41, 5.74) is -0.908. The van der Waals surface area contributed by atoms with E-state index in [0.717, 1.165) is 15.3 Å². The Morgan fingerprint density at radius 2 is 1.81 bits per heavy atom. The molecule has 0 bridgehead atoms. The lowest BCUT2D eigenvalue weighted by Crippen LogP contribution is -2.42. The molecule has 0 saturated carbocycles. The van der Waals surface area contributed by atoms with Crippen molar-refractivity contribution in [2.75, 3.05) is 24.7 Å². The van der Waals surface area contributed by atoms with Crippen LogP contribution in [-0.4, -0.2) is 45.9 Å². The van der Waals surface area contributed by atoms with Crippen LogP contribution in [0.2, 0.25) is 0 Å². The van der Waals surface area contributed by atoms with Crippen molar-refractivity contribution in [1.29, 1.82) is 0 Å². The normalized spacial score (nSPS) is 14.5. The van der Waals surface area contributed by atoms with Crippen LogP contribution in [0.1, 0.15) is 17.3 Å². The number of carbonyl (C=O) groups excluding carboxylic acids is 1. The Labute approximate surface area is 147 Å². The van der Waals surface area contributed by atoms with Gasteiger partial charge in [-0.2, -0.15) is 0 Å². The highest BCUT2D eigenvalue weighted by Crippen LogP contribution is 2.18. The third kappa shape index (κ3) is 3.04. The maximum atomic E-state index is 12.5. The molecule has 0 atom stereocenters. The molecule has 0 radical (unpaired) electrons. The van der Waals surface area contributed by atoms with Gasteiger partial charge in [-0.15, -0.1) is 0 Å². The van der Waals surface area contributed by atoms with Crippen LogP contribution in [0.3, 0.4) is 0 Å². The molecule has 1 fully saturated rings. The van der Waals surface area contributed by atoms with Crippen LogP contribution >= 0.6 is 0 Å². The van der Waals surface area contributed by atoms with E-state index in [2.05, 4.69) is 0 Å². The van der Waals surface area contributed by atoms with E-state index in [1.165, 1.54) is 0 Å². The third-order valence-electron chi connectivity index (χ3n) is 4.14. The molecule has 1 N–H and O–H groups in total. The molecule has 1 aliphatic rings. The summed E-state index contributed by atoms with van der Waals surface area (Å²) in [6, 6.07) is 6.50. The fourth-order valence-corrected chi connectivity index (χ4v) is 2.80. The standard InChI is InChI=1S/C17H17N3O6/c1-2-18-15(22)13(16(23)24)9-20(17(18)25)12-5-3-11(4-6-12)19-7-8-26-10-14(19)21/h3-6,9H,2,7-8,10H2,1H3,(H,23,24). The number of carbonyl (C=O) groups is 2. The molecular formula is C17H17N3O6. The summed E-state index contributed by atoms with van der Waals surface area (Å²) < 4.78 is 7.06. The van der Waals surface area contributed by atoms with Gasteiger partial charge in [-0.3, -0.25) is 18.7 Å². The number of amides is 1. The van der Waals surface area contributed by atoms with Crippen molar-refractivity contribution in [2.24, 2.45) is 0 Å². The number of anilines is 1. The number of hydrogen-bond donors (Lipinski definition) is 1. The van der Waals surface area contributed by atoms with Gasteiger partial charge in [-0.25, -0.2) is 9.59 Å². The summed E-state index contributed by atoms with van der Waals surface area (Å²) in [6.07, 6.45) is 1.02. The van der Waals surface area contributed by atoms with Crippen molar-refractivity contribution in [3.8, 4) is 5.69 Å². The predicted octanol–water partition coefficient (Wildman–Crippen LogP) is 0.0805. The van der Waals surface area contributed by atoms with E-state index in [1.54, 1.807) is 36.1 Å². The Hall–Kier alpha value is -3.20. The SMILES string of the molecule is CCn1c(=O)c(C(=O)O)cn(-c2ccc(N3CCOCC3=O)cc2)c1=O. The summed E-state index contributed by atoms with van der Waals surface area (Å²) in [6.45, 7) is 2.54. The van der Waals surface area contributed by atoms with Gasteiger partial charge in [0.25, 0.3) is 11.5 Å². The van der Waals surface area contributed by atoms with Crippen molar-refractivity contribution in [1.82, 2.24) is 9.13 Å². The van der Waals surface area contributed by atoms with Crippen molar-refractivity contribution in [3.63, 3.8) is 0 Å². The summed E-state index contributed by atoms with van der Waals surface area (Å²) in [4.78, 5) is 49.3. The number of aromatic nitrogens is 2. The molecule has 0 unspecified atom stereocenters. The molecule has 1 aromatic heterocycles. The van der Waals surface area contributed by atoms with Gasteiger partial charge in [0, 0.05) is 25.0 Å². The second kappa shape index (κ2) is 6.96. The first kappa shape index (κ1) is 17.6. The molecule has 1 aromatic carbocycles. The first-order chi connectivity index (χ1) is 12.4. The average molecular weight is 359 g/mol. The molecule has 2 aromatic rings. The minimum atomic E-state index is -1.40. The number of rotatable bonds is 4. The van der Waals surface area contributed by atoms with Crippen LogP contribution in [0, 0.1) is 0 Å². The number of aromatic carboxylic acids is 1. The van der Waals surface area contributed by atoms with Crippen molar-refractivity contribution in [2.45, 2.75) is 13.5 Å². The Bertz CT molecular complexity index is 973. The number of hydrogen-bond acceptors (Lipinski definition) is 5. The van der Waals surface area contributed by atoms with Crippen molar-refractivity contribution < 1.29 is 19.4 Å². The summed E-state index contributed by atoms with van der Waals surface area (Å²) >= 11 is 0. The summed E-state index contributed by atoms with van der Waals surface area (Å²) in [7, 11) is 0. The zero-order valence-corrected chi connectivity index (χ0v) is 14.0. The van der Waals surface area contributed by atoms with E-state index in [4.69, 9.17) is 4.74 Å².